The zero-order chi connectivity index (χ0) is 23.4. The lowest BCUT2D eigenvalue weighted by atomic mass is 10.0. The lowest BCUT2D eigenvalue weighted by Gasteiger charge is -2.31. The summed E-state index contributed by atoms with van der Waals surface area (Å²) in [6.45, 7) is 2.16. The first kappa shape index (κ1) is 23.4. The second-order valence-electron chi connectivity index (χ2n) is 7.67. The SMILES string of the molecule is O=C(Nc1nc(C(=O)NC2CCN(Cc3ccc(CO)o3)CC2)cs1)c1ccc(F)c(Cl)c1. The Hall–Kier alpha value is -2.79. The molecule has 2 aromatic heterocycles. The second-order valence-corrected chi connectivity index (χ2v) is 8.94. The number of hydrogen-bond donors (Lipinski definition) is 3. The number of nitrogens with one attached hydrogen (secondary N) is 2. The predicted molar refractivity (Wildman–Crippen MR) is 122 cm³/mol. The third kappa shape index (κ3) is 5.97. The van der Waals surface area contributed by atoms with Crippen molar-refractivity contribution in [2.75, 3.05) is 18.4 Å². The van der Waals surface area contributed by atoms with E-state index < -0.39 is 11.7 Å². The highest BCUT2D eigenvalue weighted by Gasteiger charge is 2.23. The summed E-state index contributed by atoms with van der Waals surface area (Å²) >= 11 is 6.85. The van der Waals surface area contributed by atoms with Gasteiger partial charge in [0.15, 0.2) is 5.13 Å². The molecule has 0 unspecified atom stereocenters. The zero-order valence-corrected chi connectivity index (χ0v) is 19.1. The molecule has 11 heteroatoms. The van der Waals surface area contributed by atoms with Crippen LogP contribution in [0.1, 0.15) is 45.2 Å². The van der Waals surface area contributed by atoms with Crippen LogP contribution >= 0.6 is 22.9 Å². The summed E-state index contributed by atoms with van der Waals surface area (Å²) in [7, 11) is 0. The van der Waals surface area contributed by atoms with E-state index in [1.807, 2.05) is 6.07 Å². The Morgan fingerprint density at radius 1 is 1.21 bits per heavy atom. The molecule has 0 radical (unpaired) electrons. The van der Waals surface area contributed by atoms with E-state index in [-0.39, 0.29) is 40.0 Å². The van der Waals surface area contributed by atoms with E-state index in [1.54, 1.807) is 11.4 Å². The van der Waals surface area contributed by atoms with Gasteiger partial charge in [-0.05, 0) is 43.2 Å². The van der Waals surface area contributed by atoms with E-state index in [2.05, 4.69) is 20.5 Å². The molecule has 0 saturated carbocycles. The Morgan fingerprint density at radius 2 is 1.97 bits per heavy atom. The van der Waals surface area contributed by atoms with Gasteiger partial charge in [-0.1, -0.05) is 11.6 Å². The molecule has 0 atom stereocenters. The van der Waals surface area contributed by atoms with Crippen LogP contribution in [0.3, 0.4) is 0 Å². The van der Waals surface area contributed by atoms with Crippen LogP contribution in [0.4, 0.5) is 9.52 Å². The molecular formula is C22H22ClFN4O4S. The van der Waals surface area contributed by atoms with Gasteiger partial charge in [-0.15, -0.1) is 11.3 Å². The van der Waals surface area contributed by atoms with E-state index in [4.69, 9.17) is 21.1 Å². The maximum Gasteiger partial charge on any atom is 0.271 e. The number of anilines is 1. The summed E-state index contributed by atoms with van der Waals surface area (Å²) in [4.78, 5) is 31.3. The van der Waals surface area contributed by atoms with E-state index in [9.17, 15) is 14.0 Å². The average Bonchev–Trinajstić information content (AvgIpc) is 3.46. The lowest BCUT2D eigenvalue weighted by Crippen LogP contribution is -2.44. The molecule has 4 rings (SSSR count). The maximum absolute atomic E-state index is 13.3. The van der Waals surface area contributed by atoms with Gasteiger partial charge in [0.05, 0.1) is 11.6 Å². The Labute approximate surface area is 198 Å². The number of hydrogen-bond acceptors (Lipinski definition) is 7. The van der Waals surface area contributed by atoms with E-state index in [0.29, 0.717) is 12.3 Å². The molecular weight excluding hydrogens is 471 g/mol. The number of halogens is 2. The smallest absolute Gasteiger partial charge is 0.271 e. The fourth-order valence-corrected chi connectivity index (χ4v) is 4.42. The number of aliphatic hydroxyl groups excluding tert-OH is 1. The summed E-state index contributed by atoms with van der Waals surface area (Å²) in [6, 6.07) is 7.33. The molecule has 1 fully saturated rings. The third-order valence-electron chi connectivity index (χ3n) is 5.31. The Kier molecular flexibility index (Phi) is 7.39. The number of carbonyl (C=O) groups is 2. The summed E-state index contributed by atoms with van der Waals surface area (Å²) in [6.07, 6.45) is 1.58. The number of rotatable bonds is 7. The molecule has 3 heterocycles. The van der Waals surface area contributed by atoms with Crippen molar-refractivity contribution in [3.8, 4) is 0 Å². The number of thiazole rings is 1. The standard InChI is InChI=1S/C22H22ClFN4O4S/c23-17-9-13(1-4-18(17)24)20(30)27-22-26-19(12-33-22)21(31)25-14-5-7-28(8-6-14)10-15-2-3-16(11-29)32-15/h1-4,9,12,14,29H,5-8,10-11H2,(H,25,31)(H,26,27,30). The average molecular weight is 493 g/mol. The van der Waals surface area contributed by atoms with Crippen molar-refractivity contribution in [3.63, 3.8) is 0 Å². The minimum atomic E-state index is -0.607. The summed E-state index contributed by atoms with van der Waals surface area (Å²) in [5, 5.41) is 16.4. The topological polar surface area (TPSA) is 108 Å². The van der Waals surface area contributed by atoms with Crippen LogP contribution in [-0.4, -0.2) is 45.9 Å². The first-order valence-electron chi connectivity index (χ1n) is 10.3. The summed E-state index contributed by atoms with van der Waals surface area (Å²) in [5.41, 5.74) is 0.415. The third-order valence-corrected chi connectivity index (χ3v) is 6.36. The number of benzene rings is 1. The normalized spacial score (nSPS) is 14.9. The fraction of sp³-hybridized carbons (Fsp3) is 0.318. The molecule has 33 heavy (non-hydrogen) atoms. The first-order chi connectivity index (χ1) is 15.9. The van der Waals surface area contributed by atoms with Crippen LogP contribution in [0.5, 0.6) is 0 Å². The molecule has 3 aromatic rings. The summed E-state index contributed by atoms with van der Waals surface area (Å²) < 4.78 is 18.8. The van der Waals surface area contributed by atoms with E-state index >= 15 is 0 Å². The van der Waals surface area contributed by atoms with Crippen LogP contribution in [0.15, 0.2) is 40.1 Å². The highest BCUT2D eigenvalue weighted by molar-refractivity contribution is 7.14. The van der Waals surface area contributed by atoms with Gasteiger partial charge in [-0.3, -0.25) is 19.8 Å². The van der Waals surface area contributed by atoms with Crippen molar-refractivity contribution in [1.29, 1.82) is 0 Å². The first-order valence-corrected chi connectivity index (χ1v) is 11.6. The molecule has 0 spiro atoms. The molecule has 3 N–H and O–H groups in total. The van der Waals surface area contributed by atoms with Crippen LogP contribution in [0, 0.1) is 5.82 Å². The van der Waals surface area contributed by atoms with Gasteiger partial charge in [0, 0.05) is 30.1 Å². The van der Waals surface area contributed by atoms with Crippen molar-refractivity contribution >= 4 is 39.9 Å². The molecule has 1 aliphatic heterocycles. The van der Waals surface area contributed by atoms with Crippen molar-refractivity contribution in [3.05, 3.63) is 69.3 Å². The fourth-order valence-electron chi connectivity index (χ4n) is 3.55. The van der Waals surface area contributed by atoms with Gasteiger partial charge in [0.1, 0.15) is 29.6 Å². The van der Waals surface area contributed by atoms with Crippen LogP contribution < -0.4 is 10.6 Å². The number of furan rings is 1. The number of likely N-dealkylation sites (tertiary alicyclic amines) is 1. The minimum absolute atomic E-state index is 0.0273. The number of aliphatic hydroxyl groups is 1. The number of nitrogens with zero attached hydrogens (tertiary/aromatic N) is 2. The Morgan fingerprint density at radius 3 is 2.67 bits per heavy atom. The molecule has 1 aliphatic rings. The van der Waals surface area contributed by atoms with E-state index in [0.717, 1.165) is 49.1 Å². The van der Waals surface area contributed by atoms with Crippen molar-refractivity contribution < 1.29 is 23.5 Å². The Balaban J connectivity index is 1.25. The van der Waals surface area contributed by atoms with E-state index in [1.165, 1.54) is 12.1 Å². The van der Waals surface area contributed by atoms with Gasteiger partial charge < -0.3 is 14.8 Å². The highest BCUT2D eigenvalue weighted by Crippen LogP contribution is 2.21. The molecule has 174 valence electrons. The van der Waals surface area contributed by atoms with Crippen LogP contribution in [-0.2, 0) is 13.2 Å². The van der Waals surface area contributed by atoms with Gasteiger partial charge >= 0.3 is 0 Å². The largest absolute Gasteiger partial charge is 0.462 e. The highest BCUT2D eigenvalue weighted by atomic mass is 35.5. The molecule has 2 amide bonds. The number of aromatic nitrogens is 1. The van der Waals surface area contributed by atoms with Crippen molar-refractivity contribution in [2.45, 2.75) is 32.0 Å². The molecule has 1 aromatic carbocycles. The Bertz CT molecular complexity index is 1140. The van der Waals surface area contributed by atoms with Crippen LogP contribution in [0.2, 0.25) is 5.02 Å². The molecule has 1 saturated heterocycles. The van der Waals surface area contributed by atoms with Crippen molar-refractivity contribution in [2.24, 2.45) is 0 Å². The maximum atomic E-state index is 13.3. The molecule has 8 nitrogen and oxygen atoms in total. The van der Waals surface area contributed by atoms with Gasteiger partial charge in [0.2, 0.25) is 0 Å². The van der Waals surface area contributed by atoms with Gasteiger partial charge in [0.25, 0.3) is 11.8 Å². The zero-order valence-electron chi connectivity index (χ0n) is 17.5. The van der Waals surface area contributed by atoms with Gasteiger partial charge in [-0.25, -0.2) is 9.37 Å². The molecule has 0 bridgehead atoms. The lowest BCUT2D eigenvalue weighted by molar-refractivity contribution is 0.0900. The van der Waals surface area contributed by atoms with Crippen molar-refractivity contribution in [1.82, 2.24) is 15.2 Å². The number of amides is 2. The quantitative estimate of drug-likeness (QED) is 0.464. The summed E-state index contributed by atoms with van der Waals surface area (Å²) in [5.74, 6) is -0.0418. The second kappa shape index (κ2) is 10.4. The number of carbonyl (C=O) groups excluding carboxylic acids is 2. The monoisotopic (exact) mass is 492 g/mol. The van der Waals surface area contributed by atoms with Crippen LogP contribution in [0.25, 0.3) is 0 Å². The number of piperidine rings is 1. The predicted octanol–water partition coefficient (Wildman–Crippen LogP) is 3.67. The molecule has 0 aliphatic carbocycles. The minimum Gasteiger partial charge on any atom is -0.462 e. The van der Waals surface area contributed by atoms with Gasteiger partial charge in [-0.2, -0.15) is 0 Å².